The van der Waals surface area contributed by atoms with Gasteiger partial charge in [-0.05, 0) is 12.1 Å². The van der Waals surface area contributed by atoms with E-state index in [-0.39, 0.29) is 10.6 Å². The van der Waals surface area contributed by atoms with Gasteiger partial charge < -0.3 is 9.80 Å². The van der Waals surface area contributed by atoms with Gasteiger partial charge in [0.15, 0.2) is 0 Å². The Morgan fingerprint density at radius 1 is 1.13 bits per heavy atom. The summed E-state index contributed by atoms with van der Waals surface area (Å²) in [5, 5.41) is 11.3. The normalized spacial score (nSPS) is 15.6. The molecule has 0 bridgehead atoms. The molecule has 120 valence electrons. The summed E-state index contributed by atoms with van der Waals surface area (Å²) in [4.78, 5) is 14.6. The summed E-state index contributed by atoms with van der Waals surface area (Å²) in [6.45, 7) is 4.66. The molecular weight excluding hydrogens is 358 g/mol. The largest absolute Gasteiger partial charge is 0.355 e. The first-order valence-electron chi connectivity index (χ1n) is 7.70. The number of quaternary nitrogens is 1. The van der Waals surface area contributed by atoms with Gasteiger partial charge in [0.1, 0.15) is 12.2 Å². The molecule has 0 saturated carbocycles. The third-order valence-corrected chi connectivity index (χ3v) is 4.74. The lowest BCUT2D eigenvalue weighted by Gasteiger charge is -2.33. The van der Waals surface area contributed by atoms with E-state index in [4.69, 9.17) is 0 Å². The Morgan fingerprint density at radius 3 is 2.48 bits per heavy atom. The van der Waals surface area contributed by atoms with E-state index < -0.39 is 0 Å². The number of hydrogen-bond acceptors (Lipinski definition) is 3. The van der Waals surface area contributed by atoms with E-state index in [1.54, 1.807) is 6.07 Å². The molecular formula is C17H19BrN3O2+. The van der Waals surface area contributed by atoms with Crippen LogP contribution in [0.15, 0.2) is 53.0 Å². The van der Waals surface area contributed by atoms with Crippen molar-refractivity contribution in [1.82, 2.24) is 0 Å². The van der Waals surface area contributed by atoms with Gasteiger partial charge >= 0.3 is 0 Å². The average molecular weight is 377 g/mol. The molecule has 0 amide bonds. The molecule has 23 heavy (non-hydrogen) atoms. The Labute approximate surface area is 143 Å². The molecule has 0 unspecified atom stereocenters. The molecule has 1 heterocycles. The van der Waals surface area contributed by atoms with Crippen LogP contribution >= 0.6 is 15.9 Å². The van der Waals surface area contributed by atoms with Crippen LogP contribution in [0.2, 0.25) is 0 Å². The molecule has 1 aliphatic rings. The summed E-state index contributed by atoms with van der Waals surface area (Å²) in [7, 11) is 0. The monoisotopic (exact) mass is 376 g/mol. The molecule has 5 nitrogen and oxygen atoms in total. The molecule has 0 spiro atoms. The van der Waals surface area contributed by atoms with Gasteiger partial charge in [-0.25, -0.2) is 0 Å². The van der Waals surface area contributed by atoms with E-state index in [0.717, 1.165) is 42.9 Å². The van der Waals surface area contributed by atoms with Crippen molar-refractivity contribution in [2.45, 2.75) is 6.54 Å². The molecule has 1 saturated heterocycles. The molecule has 1 N–H and O–H groups in total. The van der Waals surface area contributed by atoms with Gasteiger partial charge in [-0.3, -0.25) is 10.1 Å². The van der Waals surface area contributed by atoms with E-state index in [1.807, 2.05) is 18.2 Å². The molecule has 1 aliphatic heterocycles. The minimum Gasteiger partial charge on any atom is -0.355 e. The molecule has 1 fully saturated rings. The predicted molar refractivity (Wildman–Crippen MR) is 93.9 cm³/mol. The summed E-state index contributed by atoms with van der Waals surface area (Å²) >= 11 is 3.31. The smallest absolute Gasteiger partial charge is 0.293 e. The SMILES string of the molecule is O=[N+]([O-])c1cc(Br)ccc1N1CC[NH+](Cc2ccccc2)CC1. The Balaban J connectivity index is 1.66. The van der Waals surface area contributed by atoms with Crippen LogP contribution < -0.4 is 9.80 Å². The van der Waals surface area contributed by atoms with Crippen molar-refractivity contribution < 1.29 is 9.82 Å². The van der Waals surface area contributed by atoms with Crippen LogP contribution in [0.4, 0.5) is 11.4 Å². The maximum Gasteiger partial charge on any atom is 0.293 e. The van der Waals surface area contributed by atoms with E-state index in [1.165, 1.54) is 10.5 Å². The number of hydrogen-bond donors (Lipinski definition) is 1. The maximum absolute atomic E-state index is 11.3. The maximum atomic E-state index is 11.3. The van der Waals surface area contributed by atoms with Gasteiger partial charge in [0.25, 0.3) is 5.69 Å². The van der Waals surface area contributed by atoms with Gasteiger partial charge in [-0.15, -0.1) is 0 Å². The number of nitrogens with zero attached hydrogens (tertiary/aromatic N) is 2. The molecule has 0 aromatic heterocycles. The van der Waals surface area contributed by atoms with Crippen LogP contribution in [-0.4, -0.2) is 31.1 Å². The number of halogens is 1. The standard InChI is InChI=1S/C17H18BrN3O2/c18-15-6-7-16(17(12-15)21(22)23)20-10-8-19(9-11-20)13-14-4-2-1-3-5-14/h1-7,12H,8-11,13H2/p+1. The molecule has 0 radical (unpaired) electrons. The number of anilines is 1. The number of nitrogens with one attached hydrogen (secondary N) is 1. The second-order valence-corrected chi connectivity index (χ2v) is 6.71. The van der Waals surface area contributed by atoms with Crippen LogP contribution in [-0.2, 0) is 6.54 Å². The minimum absolute atomic E-state index is 0.172. The van der Waals surface area contributed by atoms with E-state index in [2.05, 4.69) is 45.1 Å². The third-order valence-electron chi connectivity index (χ3n) is 4.24. The summed E-state index contributed by atoms with van der Waals surface area (Å²) in [6, 6.07) is 15.8. The quantitative estimate of drug-likeness (QED) is 0.657. The fourth-order valence-electron chi connectivity index (χ4n) is 3.04. The van der Waals surface area contributed by atoms with Crippen LogP contribution in [0.3, 0.4) is 0 Å². The Kier molecular flexibility index (Phi) is 4.93. The molecule has 2 aromatic carbocycles. The summed E-state index contributed by atoms with van der Waals surface area (Å²) < 4.78 is 0.737. The van der Waals surface area contributed by atoms with Crippen molar-refractivity contribution >= 4 is 27.3 Å². The third kappa shape index (κ3) is 3.89. The first-order chi connectivity index (χ1) is 11.1. The minimum atomic E-state index is -0.302. The highest BCUT2D eigenvalue weighted by atomic mass is 79.9. The fraction of sp³-hybridized carbons (Fsp3) is 0.294. The molecule has 0 atom stereocenters. The summed E-state index contributed by atoms with van der Waals surface area (Å²) in [6.07, 6.45) is 0. The van der Waals surface area contributed by atoms with Crippen LogP contribution in [0, 0.1) is 10.1 Å². The molecule has 2 aromatic rings. The average Bonchev–Trinajstić information content (AvgIpc) is 2.56. The highest BCUT2D eigenvalue weighted by Crippen LogP contribution is 2.31. The van der Waals surface area contributed by atoms with Crippen LogP contribution in [0.5, 0.6) is 0 Å². The lowest BCUT2D eigenvalue weighted by molar-refractivity contribution is -0.914. The second-order valence-electron chi connectivity index (χ2n) is 5.79. The Bertz CT molecular complexity index is 685. The summed E-state index contributed by atoms with van der Waals surface area (Å²) in [5.41, 5.74) is 2.23. The number of rotatable bonds is 4. The van der Waals surface area contributed by atoms with Crippen molar-refractivity contribution in [1.29, 1.82) is 0 Å². The van der Waals surface area contributed by atoms with Gasteiger partial charge in [0, 0.05) is 16.1 Å². The van der Waals surface area contributed by atoms with E-state index >= 15 is 0 Å². The number of piperazine rings is 1. The zero-order valence-corrected chi connectivity index (χ0v) is 14.3. The van der Waals surface area contributed by atoms with Crippen molar-refractivity contribution in [3.63, 3.8) is 0 Å². The van der Waals surface area contributed by atoms with Gasteiger partial charge in [0.2, 0.25) is 0 Å². The van der Waals surface area contributed by atoms with Crippen molar-refractivity contribution in [2.24, 2.45) is 0 Å². The lowest BCUT2D eigenvalue weighted by Crippen LogP contribution is -3.13. The number of nitro groups is 1. The lowest BCUT2D eigenvalue weighted by atomic mass is 10.2. The van der Waals surface area contributed by atoms with Crippen LogP contribution in [0.1, 0.15) is 5.56 Å². The van der Waals surface area contributed by atoms with Gasteiger partial charge in [0.05, 0.1) is 31.1 Å². The summed E-state index contributed by atoms with van der Waals surface area (Å²) in [5.74, 6) is 0. The Hall–Kier alpha value is -1.92. The topological polar surface area (TPSA) is 50.8 Å². The van der Waals surface area contributed by atoms with Gasteiger partial charge in [-0.2, -0.15) is 0 Å². The van der Waals surface area contributed by atoms with E-state index in [9.17, 15) is 10.1 Å². The fourth-order valence-corrected chi connectivity index (χ4v) is 3.38. The zero-order valence-electron chi connectivity index (χ0n) is 12.7. The van der Waals surface area contributed by atoms with E-state index in [0.29, 0.717) is 0 Å². The second kappa shape index (κ2) is 7.10. The van der Waals surface area contributed by atoms with Crippen LogP contribution in [0.25, 0.3) is 0 Å². The van der Waals surface area contributed by atoms with Crippen molar-refractivity contribution in [3.05, 3.63) is 68.7 Å². The molecule has 6 heteroatoms. The first-order valence-corrected chi connectivity index (χ1v) is 8.49. The Morgan fingerprint density at radius 2 is 1.83 bits per heavy atom. The van der Waals surface area contributed by atoms with Crippen molar-refractivity contribution in [2.75, 3.05) is 31.1 Å². The van der Waals surface area contributed by atoms with Gasteiger partial charge in [-0.1, -0.05) is 46.3 Å². The molecule has 0 aliphatic carbocycles. The molecule has 3 rings (SSSR count). The van der Waals surface area contributed by atoms with Crippen molar-refractivity contribution in [3.8, 4) is 0 Å². The highest BCUT2D eigenvalue weighted by Gasteiger charge is 2.25. The highest BCUT2D eigenvalue weighted by molar-refractivity contribution is 9.10. The number of nitro benzene ring substituents is 1. The first kappa shape index (κ1) is 16.0. The number of benzene rings is 2. The zero-order chi connectivity index (χ0) is 16.2. The predicted octanol–water partition coefficient (Wildman–Crippen LogP) is 2.26.